The Hall–Kier alpha value is -3.52. The fraction of sp³-hybridized carbons (Fsp3) is 0.296. The number of carbonyl (C=O) groups is 1. The average Bonchev–Trinajstić information content (AvgIpc) is 2.83. The van der Waals surface area contributed by atoms with Crippen molar-refractivity contribution in [1.82, 2.24) is 5.32 Å². The number of aryl methyl sites for hydroxylation is 1. The lowest BCUT2D eigenvalue weighted by molar-refractivity contribution is -0.129. The van der Waals surface area contributed by atoms with Gasteiger partial charge in [-0.3, -0.25) is 9.10 Å². The number of sulfonamides is 1. The minimum absolute atomic E-state index is 0.108. The van der Waals surface area contributed by atoms with Crippen molar-refractivity contribution in [2.24, 2.45) is 0 Å². The number of hydrogen-bond acceptors (Lipinski definition) is 5. The van der Waals surface area contributed by atoms with E-state index in [4.69, 9.17) is 9.47 Å². The summed E-state index contributed by atoms with van der Waals surface area (Å²) in [5.74, 6) is 0.534. The fourth-order valence-corrected chi connectivity index (χ4v) is 5.63. The largest absolute Gasteiger partial charge is 0.497 e. The number of hydrogen-bond donors (Lipinski definition) is 1. The number of rotatable bonds is 7. The maximum atomic E-state index is 13.7. The van der Waals surface area contributed by atoms with Crippen LogP contribution in [0.3, 0.4) is 0 Å². The molecule has 0 radical (unpaired) electrons. The van der Waals surface area contributed by atoms with Crippen LogP contribution in [0, 0.1) is 6.92 Å². The zero-order valence-corrected chi connectivity index (χ0v) is 21.1. The summed E-state index contributed by atoms with van der Waals surface area (Å²) in [6.07, 6.45) is -0.385. The predicted octanol–water partition coefficient (Wildman–Crippen LogP) is 4.10. The fourth-order valence-electron chi connectivity index (χ4n) is 4.16. The molecule has 0 fully saturated rings. The van der Waals surface area contributed by atoms with Crippen LogP contribution in [0.4, 0.5) is 5.69 Å². The molecule has 3 aromatic rings. The predicted molar refractivity (Wildman–Crippen MR) is 135 cm³/mol. The highest BCUT2D eigenvalue weighted by Gasteiger charge is 2.39. The molecule has 0 bridgehead atoms. The molecule has 1 N–H and O–H groups in total. The quantitative estimate of drug-likeness (QED) is 0.535. The van der Waals surface area contributed by atoms with Crippen molar-refractivity contribution in [3.05, 3.63) is 83.9 Å². The molecule has 35 heavy (non-hydrogen) atoms. The van der Waals surface area contributed by atoms with Crippen molar-refractivity contribution in [1.29, 1.82) is 0 Å². The number of benzene rings is 3. The standard InChI is InChI=1S/C27H30N2O5S/c1-19-10-15-24-23(16-19)29(35(31,32)22-13-11-21(33-4)12-14-22)18-25(34-24)26(30)28-27(2,3)17-20-8-6-5-7-9-20/h5-16,25H,17-18H2,1-4H3,(H,28,30)/t25-/m1/s1. The third kappa shape index (κ3) is 5.43. The summed E-state index contributed by atoms with van der Waals surface area (Å²) in [5, 5.41) is 3.04. The second-order valence-electron chi connectivity index (χ2n) is 9.32. The summed E-state index contributed by atoms with van der Waals surface area (Å²) < 4.78 is 39.7. The van der Waals surface area contributed by atoms with Gasteiger partial charge in [0.2, 0.25) is 0 Å². The molecule has 0 saturated heterocycles. The van der Waals surface area contributed by atoms with Gasteiger partial charge in [-0.15, -0.1) is 0 Å². The number of nitrogens with zero attached hydrogens (tertiary/aromatic N) is 1. The molecule has 8 heteroatoms. The van der Waals surface area contributed by atoms with Crippen molar-refractivity contribution in [2.45, 2.75) is 43.7 Å². The van der Waals surface area contributed by atoms with Gasteiger partial charge < -0.3 is 14.8 Å². The zero-order valence-electron chi connectivity index (χ0n) is 20.3. The SMILES string of the molecule is COc1ccc(S(=O)(=O)N2C[C@H](C(=O)NC(C)(C)Cc3ccccc3)Oc3ccc(C)cc32)cc1. The highest BCUT2D eigenvalue weighted by molar-refractivity contribution is 7.92. The molecule has 0 saturated carbocycles. The second kappa shape index (κ2) is 9.62. The van der Waals surface area contributed by atoms with Gasteiger partial charge in [0.25, 0.3) is 15.9 Å². The van der Waals surface area contributed by atoms with E-state index < -0.39 is 21.7 Å². The molecule has 0 aliphatic carbocycles. The Morgan fingerprint density at radius 2 is 1.77 bits per heavy atom. The van der Waals surface area contributed by atoms with Crippen LogP contribution in [0.25, 0.3) is 0 Å². The molecule has 7 nitrogen and oxygen atoms in total. The van der Waals surface area contributed by atoms with Gasteiger partial charge in [0.05, 0.1) is 24.2 Å². The van der Waals surface area contributed by atoms with Gasteiger partial charge in [0.15, 0.2) is 6.10 Å². The number of nitrogens with one attached hydrogen (secondary N) is 1. The number of amides is 1. The van der Waals surface area contributed by atoms with Gasteiger partial charge in [0, 0.05) is 5.54 Å². The highest BCUT2D eigenvalue weighted by atomic mass is 32.2. The molecular weight excluding hydrogens is 464 g/mol. The lowest BCUT2D eigenvalue weighted by atomic mass is 9.94. The molecule has 0 unspecified atom stereocenters. The van der Waals surface area contributed by atoms with Gasteiger partial charge in [-0.25, -0.2) is 8.42 Å². The third-order valence-corrected chi connectivity index (χ3v) is 7.67. The van der Waals surface area contributed by atoms with Crippen molar-refractivity contribution in [3.8, 4) is 11.5 Å². The van der Waals surface area contributed by atoms with E-state index >= 15 is 0 Å². The van der Waals surface area contributed by atoms with E-state index in [1.807, 2.05) is 57.2 Å². The van der Waals surface area contributed by atoms with E-state index in [0.29, 0.717) is 23.6 Å². The number of carbonyl (C=O) groups excluding carboxylic acids is 1. The monoisotopic (exact) mass is 494 g/mol. The molecule has 0 aromatic heterocycles. The Morgan fingerprint density at radius 1 is 1.09 bits per heavy atom. The molecule has 4 rings (SSSR count). The van der Waals surface area contributed by atoms with E-state index in [1.165, 1.54) is 23.5 Å². The molecule has 184 valence electrons. The Morgan fingerprint density at radius 3 is 2.43 bits per heavy atom. The van der Waals surface area contributed by atoms with Crippen LogP contribution in [-0.2, 0) is 21.2 Å². The van der Waals surface area contributed by atoms with E-state index in [1.54, 1.807) is 24.3 Å². The molecule has 1 amide bonds. The molecule has 1 atom stereocenters. The van der Waals surface area contributed by atoms with Crippen LogP contribution in [0.1, 0.15) is 25.0 Å². The summed E-state index contributed by atoms with van der Waals surface area (Å²) in [6, 6.07) is 21.4. The van der Waals surface area contributed by atoms with E-state index in [9.17, 15) is 13.2 Å². The first kappa shape index (κ1) is 24.6. The average molecular weight is 495 g/mol. The van der Waals surface area contributed by atoms with Crippen LogP contribution in [-0.4, -0.2) is 39.6 Å². The lowest BCUT2D eigenvalue weighted by Gasteiger charge is -2.36. The summed E-state index contributed by atoms with van der Waals surface area (Å²) in [6.45, 7) is 5.61. The first-order chi connectivity index (χ1) is 16.6. The van der Waals surface area contributed by atoms with E-state index in [-0.39, 0.29) is 17.3 Å². The molecular formula is C27H30N2O5S. The number of ether oxygens (including phenoxy) is 2. The number of methoxy groups -OCH3 is 1. The van der Waals surface area contributed by atoms with Gasteiger partial charge in [-0.2, -0.15) is 0 Å². The van der Waals surface area contributed by atoms with Crippen molar-refractivity contribution in [3.63, 3.8) is 0 Å². The van der Waals surface area contributed by atoms with Crippen LogP contribution in [0.2, 0.25) is 0 Å². The minimum atomic E-state index is -3.96. The molecule has 1 aliphatic heterocycles. The zero-order chi connectivity index (χ0) is 25.2. The maximum Gasteiger partial charge on any atom is 0.264 e. The Labute approximate surface area is 206 Å². The summed E-state index contributed by atoms with van der Waals surface area (Å²) in [4.78, 5) is 13.4. The molecule has 0 spiro atoms. The van der Waals surface area contributed by atoms with Gasteiger partial charge in [-0.05, 0) is 74.7 Å². The third-order valence-electron chi connectivity index (χ3n) is 5.87. The second-order valence-corrected chi connectivity index (χ2v) is 11.2. The van der Waals surface area contributed by atoms with Crippen molar-refractivity contribution < 1.29 is 22.7 Å². The van der Waals surface area contributed by atoms with Crippen LogP contribution >= 0.6 is 0 Å². The van der Waals surface area contributed by atoms with Gasteiger partial charge in [-0.1, -0.05) is 36.4 Å². The Balaban J connectivity index is 1.62. The highest BCUT2D eigenvalue weighted by Crippen LogP contribution is 2.38. The van der Waals surface area contributed by atoms with Crippen LogP contribution in [0.5, 0.6) is 11.5 Å². The summed E-state index contributed by atoms with van der Waals surface area (Å²) in [7, 11) is -2.44. The van der Waals surface area contributed by atoms with Gasteiger partial charge >= 0.3 is 0 Å². The Kier molecular flexibility index (Phi) is 6.76. The van der Waals surface area contributed by atoms with E-state index in [0.717, 1.165) is 11.1 Å². The molecule has 1 heterocycles. The van der Waals surface area contributed by atoms with E-state index in [2.05, 4.69) is 5.32 Å². The topological polar surface area (TPSA) is 84.9 Å². The smallest absolute Gasteiger partial charge is 0.264 e. The summed E-state index contributed by atoms with van der Waals surface area (Å²) >= 11 is 0. The number of fused-ring (bicyclic) bond motifs is 1. The first-order valence-corrected chi connectivity index (χ1v) is 12.8. The minimum Gasteiger partial charge on any atom is -0.497 e. The number of anilines is 1. The van der Waals surface area contributed by atoms with Crippen LogP contribution < -0.4 is 19.1 Å². The Bertz CT molecular complexity index is 1310. The van der Waals surface area contributed by atoms with Crippen LogP contribution in [0.15, 0.2) is 77.7 Å². The normalized spacial score (nSPS) is 15.7. The van der Waals surface area contributed by atoms with Crippen molar-refractivity contribution in [2.75, 3.05) is 18.0 Å². The molecule has 1 aliphatic rings. The van der Waals surface area contributed by atoms with Gasteiger partial charge in [0.1, 0.15) is 11.5 Å². The molecule has 3 aromatic carbocycles. The maximum absolute atomic E-state index is 13.7. The van der Waals surface area contributed by atoms with Crippen molar-refractivity contribution >= 4 is 21.6 Å². The lowest BCUT2D eigenvalue weighted by Crippen LogP contribution is -2.55. The summed E-state index contributed by atoms with van der Waals surface area (Å²) in [5.41, 5.74) is 1.82. The first-order valence-electron chi connectivity index (χ1n) is 11.4.